The van der Waals surface area contributed by atoms with Crippen LogP contribution in [0.2, 0.25) is 0 Å². The lowest BCUT2D eigenvalue weighted by molar-refractivity contribution is 0.574. The predicted octanol–water partition coefficient (Wildman–Crippen LogP) is 4.23. The van der Waals surface area contributed by atoms with Crippen molar-refractivity contribution in [1.82, 2.24) is 5.32 Å². The van der Waals surface area contributed by atoms with Crippen LogP contribution >= 0.6 is 11.3 Å². The molecular formula is C16H18FNS. The van der Waals surface area contributed by atoms with E-state index in [9.17, 15) is 4.39 Å². The molecule has 19 heavy (non-hydrogen) atoms. The highest BCUT2D eigenvalue weighted by molar-refractivity contribution is 7.12. The summed E-state index contributed by atoms with van der Waals surface area (Å²) in [4.78, 5) is 2.99. The summed E-state index contributed by atoms with van der Waals surface area (Å²) >= 11 is 1.94. The lowest BCUT2D eigenvalue weighted by atomic mass is 10.1. The molecule has 1 aromatic heterocycles. The van der Waals surface area contributed by atoms with Crippen molar-refractivity contribution in [2.45, 2.75) is 38.8 Å². The minimum Gasteiger partial charge on any atom is -0.305 e. The number of fused-ring (bicyclic) bond motifs is 1. The second kappa shape index (κ2) is 5.43. The lowest BCUT2D eigenvalue weighted by Gasteiger charge is -2.13. The average molecular weight is 275 g/mol. The Hall–Kier alpha value is -1.19. The van der Waals surface area contributed by atoms with E-state index in [0.29, 0.717) is 0 Å². The molecule has 3 heteroatoms. The molecular weight excluding hydrogens is 257 g/mol. The van der Waals surface area contributed by atoms with Gasteiger partial charge in [-0.2, -0.15) is 0 Å². The molecule has 0 spiro atoms. The topological polar surface area (TPSA) is 12.0 Å². The molecule has 0 fully saturated rings. The molecule has 0 radical (unpaired) electrons. The molecule has 0 aliphatic heterocycles. The van der Waals surface area contributed by atoms with Gasteiger partial charge in [-0.05, 0) is 55.5 Å². The van der Waals surface area contributed by atoms with Crippen molar-refractivity contribution < 1.29 is 4.39 Å². The van der Waals surface area contributed by atoms with Crippen LogP contribution in [0.5, 0.6) is 0 Å². The highest BCUT2D eigenvalue weighted by atomic mass is 32.1. The molecule has 1 N–H and O–H groups in total. The molecule has 0 saturated heterocycles. The minimum absolute atomic E-state index is 0.175. The van der Waals surface area contributed by atoms with E-state index in [-0.39, 0.29) is 11.9 Å². The van der Waals surface area contributed by atoms with Gasteiger partial charge < -0.3 is 5.32 Å². The Labute approximate surface area is 117 Å². The van der Waals surface area contributed by atoms with Crippen molar-refractivity contribution in [2.75, 3.05) is 0 Å². The molecule has 1 aliphatic rings. The Morgan fingerprint density at radius 2 is 2.05 bits per heavy atom. The Bertz CT molecular complexity index is 537. The quantitative estimate of drug-likeness (QED) is 0.880. The lowest BCUT2D eigenvalue weighted by Crippen LogP contribution is -2.17. The van der Waals surface area contributed by atoms with Gasteiger partial charge in [0.05, 0.1) is 0 Å². The zero-order chi connectivity index (χ0) is 13.2. The molecule has 1 heterocycles. The Kier molecular flexibility index (Phi) is 3.67. The van der Waals surface area contributed by atoms with Gasteiger partial charge >= 0.3 is 0 Å². The maximum atomic E-state index is 12.9. The Morgan fingerprint density at radius 1 is 1.26 bits per heavy atom. The first-order valence-electron chi connectivity index (χ1n) is 6.81. The van der Waals surface area contributed by atoms with E-state index < -0.39 is 0 Å². The number of benzene rings is 1. The van der Waals surface area contributed by atoms with Gasteiger partial charge in [0.15, 0.2) is 0 Å². The Morgan fingerprint density at radius 3 is 2.79 bits per heavy atom. The van der Waals surface area contributed by atoms with Gasteiger partial charge in [-0.15, -0.1) is 11.3 Å². The molecule has 1 atom stereocenters. The van der Waals surface area contributed by atoms with Gasteiger partial charge in [-0.1, -0.05) is 12.1 Å². The zero-order valence-electron chi connectivity index (χ0n) is 11.1. The fourth-order valence-corrected chi connectivity index (χ4v) is 3.81. The number of nitrogens with one attached hydrogen (secondary N) is 1. The molecule has 0 amide bonds. The summed E-state index contributed by atoms with van der Waals surface area (Å²) in [5.41, 5.74) is 2.68. The molecule has 1 aromatic carbocycles. The molecule has 2 aromatic rings. The van der Waals surface area contributed by atoms with Gasteiger partial charge in [0, 0.05) is 22.3 Å². The van der Waals surface area contributed by atoms with Gasteiger partial charge in [-0.25, -0.2) is 4.39 Å². The maximum absolute atomic E-state index is 12.9. The standard InChI is InChI=1S/C16H18FNS/c1-11(12-5-7-14(17)8-6-12)18-10-15-9-13-3-2-4-16(13)19-15/h5-9,11,18H,2-4,10H2,1H3. The summed E-state index contributed by atoms with van der Waals surface area (Å²) in [5.74, 6) is -0.175. The third-order valence-electron chi connectivity index (χ3n) is 3.75. The zero-order valence-corrected chi connectivity index (χ0v) is 11.9. The van der Waals surface area contributed by atoms with Crippen LogP contribution in [-0.2, 0) is 19.4 Å². The SMILES string of the molecule is CC(NCc1cc2c(s1)CCC2)c1ccc(F)cc1. The van der Waals surface area contributed by atoms with Crippen LogP contribution in [-0.4, -0.2) is 0 Å². The van der Waals surface area contributed by atoms with Gasteiger partial charge in [0.1, 0.15) is 5.82 Å². The first kappa shape index (κ1) is 12.8. The summed E-state index contributed by atoms with van der Waals surface area (Å²) in [6.07, 6.45) is 3.83. The van der Waals surface area contributed by atoms with Crippen molar-refractivity contribution in [3.05, 3.63) is 57.0 Å². The fourth-order valence-electron chi connectivity index (χ4n) is 2.60. The van der Waals surface area contributed by atoms with Crippen LogP contribution in [0.25, 0.3) is 0 Å². The van der Waals surface area contributed by atoms with Crippen LogP contribution in [0.15, 0.2) is 30.3 Å². The molecule has 1 unspecified atom stereocenters. The molecule has 100 valence electrons. The molecule has 1 nitrogen and oxygen atoms in total. The van der Waals surface area contributed by atoms with E-state index in [2.05, 4.69) is 18.3 Å². The number of aryl methyl sites for hydroxylation is 2. The number of thiophene rings is 1. The van der Waals surface area contributed by atoms with Crippen LogP contribution in [0.1, 0.15) is 40.3 Å². The maximum Gasteiger partial charge on any atom is 0.123 e. The number of halogens is 1. The van der Waals surface area contributed by atoms with Gasteiger partial charge in [-0.3, -0.25) is 0 Å². The van der Waals surface area contributed by atoms with E-state index in [1.165, 1.54) is 36.3 Å². The van der Waals surface area contributed by atoms with E-state index >= 15 is 0 Å². The Balaban J connectivity index is 1.60. The van der Waals surface area contributed by atoms with Crippen molar-refractivity contribution in [1.29, 1.82) is 0 Å². The predicted molar refractivity (Wildman–Crippen MR) is 78.0 cm³/mol. The summed E-state index contributed by atoms with van der Waals surface area (Å²) in [6.45, 7) is 3.02. The summed E-state index contributed by atoms with van der Waals surface area (Å²) in [7, 11) is 0. The van der Waals surface area contributed by atoms with Crippen molar-refractivity contribution >= 4 is 11.3 Å². The third kappa shape index (κ3) is 2.88. The highest BCUT2D eigenvalue weighted by Crippen LogP contribution is 2.30. The normalized spacial score (nSPS) is 15.5. The fraction of sp³-hybridized carbons (Fsp3) is 0.375. The summed E-state index contributed by atoms with van der Waals surface area (Å²) < 4.78 is 12.9. The average Bonchev–Trinajstić information content (AvgIpc) is 2.97. The van der Waals surface area contributed by atoms with Crippen molar-refractivity contribution in [3.63, 3.8) is 0 Å². The molecule has 0 bridgehead atoms. The molecule has 3 rings (SSSR count). The van der Waals surface area contributed by atoms with Gasteiger partial charge in [0.25, 0.3) is 0 Å². The summed E-state index contributed by atoms with van der Waals surface area (Å²) in [6, 6.07) is 9.33. The number of hydrogen-bond acceptors (Lipinski definition) is 2. The number of rotatable bonds is 4. The number of hydrogen-bond donors (Lipinski definition) is 1. The van der Waals surface area contributed by atoms with E-state index in [1.54, 1.807) is 10.4 Å². The van der Waals surface area contributed by atoms with Crippen LogP contribution < -0.4 is 5.32 Å². The second-order valence-corrected chi connectivity index (χ2v) is 6.39. The van der Waals surface area contributed by atoms with Crippen LogP contribution in [0.3, 0.4) is 0 Å². The molecule has 1 aliphatic carbocycles. The monoisotopic (exact) mass is 275 g/mol. The smallest absolute Gasteiger partial charge is 0.123 e. The van der Waals surface area contributed by atoms with Crippen LogP contribution in [0, 0.1) is 5.82 Å². The highest BCUT2D eigenvalue weighted by Gasteiger charge is 2.15. The minimum atomic E-state index is -0.175. The van der Waals surface area contributed by atoms with E-state index in [4.69, 9.17) is 0 Å². The largest absolute Gasteiger partial charge is 0.305 e. The van der Waals surface area contributed by atoms with Gasteiger partial charge in [0.2, 0.25) is 0 Å². The van der Waals surface area contributed by atoms with E-state index in [1.807, 2.05) is 23.5 Å². The van der Waals surface area contributed by atoms with Crippen LogP contribution in [0.4, 0.5) is 4.39 Å². The molecule has 0 saturated carbocycles. The van der Waals surface area contributed by atoms with E-state index in [0.717, 1.165) is 12.1 Å². The van der Waals surface area contributed by atoms with Crippen molar-refractivity contribution in [2.24, 2.45) is 0 Å². The second-order valence-electron chi connectivity index (χ2n) is 5.17. The van der Waals surface area contributed by atoms with Crippen molar-refractivity contribution in [3.8, 4) is 0 Å². The third-order valence-corrected chi connectivity index (χ3v) is 4.99. The first-order valence-corrected chi connectivity index (χ1v) is 7.63. The summed E-state index contributed by atoms with van der Waals surface area (Å²) in [5, 5.41) is 3.51. The first-order chi connectivity index (χ1) is 9.22.